The number of amides is 1. The molecule has 1 heterocycles. The first-order chi connectivity index (χ1) is 8.60. The molecule has 0 unspecified atom stereocenters. The Morgan fingerprint density at radius 2 is 2.22 bits per heavy atom. The number of aromatic nitrogens is 2. The maximum atomic E-state index is 11.6. The lowest BCUT2D eigenvalue weighted by Crippen LogP contribution is -2.36. The van der Waals surface area contributed by atoms with Crippen LogP contribution in [0.3, 0.4) is 0 Å². The number of rotatable bonds is 6. The Hall–Kier alpha value is -1.89. The number of anilines is 2. The van der Waals surface area contributed by atoms with Gasteiger partial charge in [0.1, 0.15) is 18.0 Å². The zero-order valence-electron chi connectivity index (χ0n) is 11.0. The van der Waals surface area contributed by atoms with Gasteiger partial charge in [-0.3, -0.25) is 4.79 Å². The fourth-order valence-electron chi connectivity index (χ4n) is 1.58. The standard InChI is InChI=1S/C11H20N6O/c1-4-5-13-9(18)6-17(3)11-8(2)10(16-12)14-7-15-11/h7H,4-6,12H2,1-3H3,(H,13,18)(H,14,15,16). The SMILES string of the molecule is CCCNC(=O)CN(C)c1ncnc(NN)c1C. The van der Waals surface area contributed by atoms with Crippen LogP contribution in [0.1, 0.15) is 18.9 Å². The van der Waals surface area contributed by atoms with Gasteiger partial charge >= 0.3 is 0 Å². The molecule has 0 saturated heterocycles. The quantitative estimate of drug-likeness (QED) is 0.488. The minimum atomic E-state index is -0.0281. The largest absolute Gasteiger partial charge is 0.355 e. The molecule has 1 rings (SSSR count). The Bertz CT molecular complexity index is 409. The molecule has 1 aromatic heterocycles. The van der Waals surface area contributed by atoms with Crippen molar-refractivity contribution in [3.05, 3.63) is 11.9 Å². The second-order valence-corrected chi connectivity index (χ2v) is 4.02. The average Bonchev–Trinajstić information content (AvgIpc) is 2.36. The third kappa shape index (κ3) is 3.56. The average molecular weight is 252 g/mol. The summed E-state index contributed by atoms with van der Waals surface area (Å²) in [5, 5.41) is 2.82. The Kier molecular flexibility index (Phi) is 5.31. The van der Waals surface area contributed by atoms with E-state index in [-0.39, 0.29) is 12.5 Å². The van der Waals surface area contributed by atoms with E-state index >= 15 is 0 Å². The number of hydrazine groups is 1. The first kappa shape index (κ1) is 14.2. The van der Waals surface area contributed by atoms with E-state index in [1.165, 1.54) is 6.33 Å². The molecule has 7 nitrogen and oxygen atoms in total. The molecule has 0 radical (unpaired) electrons. The number of nitrogens with zero attached hydrogens (tertiary/aromatic N) is 3. The molecule has 0 aromatic carbocycles. The molecule has 0 fully saturated rings. The highest BCUT2D eigenvalue weighted by Crippen LogP contribution is 2.19. The smallest absolute Gasteiger partial charge is 0.239 e. The molecule has 4 N–H and O–H groups in total. The van der Waals surface area contributed by atoms with Crippen LogP contribution in [-0.4, -0.2) is 36.0 Å². The summed E-state index contributed by atoms with van der Waals surface area (Å²) < 4.78 is 0. The van der Waals surface area contributed by atoms with Gasteiger partial charge in [0.05, 0.1) is 6.54 Å². The third-order valence-electron chi connectivity index (χ3n) is 2.51. The van der Waals surface area contributed by atoms with Gasteiger partial charge in [-0.05, 0) is 13.3 Å². The van der Waals surface area contributed by atoms with E-state index in [2.05, 4.69) is 20.7 Å². The van der Waals surface area contributed by atoms with E-state index in [1.54, 1.807) is 11.9 Å². The number of nitrogen functional groups attached to an aromatic ring is 1. The van der Waals surface area contributed by atoms with Crippen LogP contribution in [0.5, 0.6) is 0 Å². The fraction of sp³-hybridized carbons (Fsp3) is 0.545. The van der Waals surface area contributed by atoms with Crippen LogP contribution < -0.4 is 21.5 Å². The van der Waals surface area contributed by atoms with Crippen molar-refractivity contribution < 1.29 is 4.79 Å². The number of carbonyl (C=O) groups is 1. The van der Waals surface area contributed by atoms with Gasteiger partial charge in [-0.15, -0.1) is 0 Å². The first-order valence-electron chi connectivity index (χ1n) is 5.86. The predicted molar refractivity (Wildman–Crippen MR) is 71.1 cm³/mol. The summed E-state index contributed by atoms with van der Waals surface area (Å²) in [6, 6.07) is 0. The minimum absolute atomic E-state index is 0.0281. The Labute approximate surface area is 107 Å². The fourth-order valence-corrected chi connectivity index (χ4v) is 1.58. The monoisotopic (exact) mass is 252 g/mol. The van der Waals surface area contributed by atoms with Crippen LogP contribution in [0, 0.1) is 6.92 Å². The molecule has 0 aliphatic heterocycles. The van der Waals surface area contributed by atoms with E-state index < -0.39 is 0 Å². The maximum absolute atomic E-state index is 11.6. The van der Waals surface area contributed by atoms with E-state index in [9.17, 15) is 4.79 Å². The van der Waals surface area contributed by atoms with Crippen molar-refractivity contribution in [3.8, 4) is 0 Å². The molecule has 0 atom stereocenters. The zero-order valence-corrected chi connectivity index (χ0v) is 11.0. The predicted octanol–water partition coefficient (Wildman–Crippen LogP) is 0.0330. The topological polar surface area (TPSA) is 96.2 Å². The Morgan fingerprint density at radius 3 is 2.83 bits per heavy atom. The summed E-state index contributed by atoms with van der Waals surface area (Å²) >= 11 is 0. The van der Waals surface area contributed by atoms with Crippen LogP contribution in [0.15, 0.2) is 6.33 Å². The molecule has 0 bridgehead atoms. The molecular weight excluding hydrogens is 232 g/mol. The van der Waals surface area contributed by atoms with Crippen molar-refractivity contribution in [1.29, 1.82) is 0 Å². The summed E-state index contributed by atoms with van der Waals surface area (Å²) in [5.74, 6) is 6.56. The lowest BCUT2D eigenvalue weighted by atomic mass is 10.3. The normalized spacial score (nSPS) is 10.0. The van der Waals surface area contributed by atoms with Crippen molar-refractivity contribution in [2.75, 3.05) is 30.5 Å². The highest BCUT2D eigenvalue weighted by atomic mass is 16.2. The van der Waals surface area contributed by atoms with E-state index in [0.29, 0.717) is 18.2 Å². The van der Waals surface area contributed by atoms with Gasteiger partial charge in [-0.25, -0.2) is 15.8 Å². The van der Waals surface area contributed by atoms with Crippen LogP contribution >= 0.6 is 0 Å². The molecule has 100 valence electrons. The minimum Gasteiger partial charge on any atom is -0.355 e. The molecule has 1 aromatic rings. The van der Waals surface area contributed by atoms with Crippen LogP contribution in [0.4, 0.5) is 11.6 Å². The van der Waals surface area contributed by atoms with Gasteiger partial charge < -0.3 is 15.6 Å². The van der Waals surface area contributed by atoms with Crippen molar-refractivity contribution in [3.63, 3.8) is 0 Å². The summed E-state index contributed by atoms with van der Waals surface area (Å²) in [6.45, 7) is 4.80. The summed E-state index contributed by atoms with van der Waals surface area (Å²) in [5.41, 5.74) is 3.31. The molecule has 0 spiro atoms. The highest BCUT2D eigenvalue weighted by molar-refractivity contribution is 5.81. The van der Waals surface area contributed by atoms with Gasteiger partial charge in [0, 0.05) is 19.2 Å². The van der Waals surface area contributed by atoms with Crippen molar-refractivity contribution in [2.24, 2.45) is 5.84 Å². The van der Waals surface area contributed by atoms with Gasteiger partial charge in [0.2, 0.25) is 5.91 Å². The number of likely N-dealkylation sites (N-methyl/N-ethyl adjacent to an activating group) is 1. The number of nitrogens with one attached hydrogen (secondary N) is 2. The van der Waals surface area contributed by atoms with Crippen molar-refractivity contribution >= 4 is 17.5 Å². The Morgan fingerprint density at radius 1 is 1.50 bits per heavy atom. The first-order valence-corrected chi connectivity index (χ1v) is 5.86. The van der Waals surface area contributed by atoms with Crippen LogP contribution in [0.2, 0.25) is 0 Å². The highest BCUT2D eigenvalue weighted by Gasteiger charge is 2.13. The van der Waals surface area contributed by atoms with Gasteiger partial charge in [-0.1, -0.05) is 6.92 Å². The maximum Gasteiger partial charge on any atom is 0.239 e. The van der Waals surface area contributed by atoms with Gasteiger partial charge in [0.15, 0.2) is 0 Å². The molecule has 1 amide bonds. The third-order valence-corrected chi connectivity index (χ3v) is 2.51. The Balaban J connectivity index is 2.72. The summed E-state index contributed by atoms with van der Waals surface area (Å²) in [7, 11) is 1.81. The summed E-state index contributed by atoms with van der Waals surface area (Å²) in [4.78, 5) is 21.5. The van der Waals surface area contributed by atoms with Gasteiger partial charge in [0.25, 0.3) is 0 Å². The van der Waals surface area contributed by atoms with E-state index in [4.69, 9.17) is 5.84 Å². The molecule has 18 heavy (non-hydrogen) atoms. The number of nitrogens with two attached hydrogens (primary N) is 1. The van der Waals surface area contributed by atoms with Crippen molar-refractivity contribution in [1.82, 2.24) is 15.3 Å². The number of hydrogen-bond acceptors (Lipinski definition) is 6. The summed E-state index contributed by atoms with van der Waals surface area (Å²) in [6.07, 6.45) is 2.33. The second-order valence-electron chi connectivity index (χ2n) is 4.02. The molecule has 0 aliphatic rings. The lowest BCUT2D eigenvalue weighted by molar-refractivity contribution is -0.119. The zero-order chi connectivity index (χ0) is 13.5. The number of hydrogen-bond donors (Lipinski definition) is 3. The molecule has 7 heteroatoms. The lowest BCUT2D eigenvalue weighted by Gasteiger charge is -2.20. The molecular formula is C11H20N6O. The van der Waals surface area contributed by atoms with E-state index in [0.717, 1.165) is 12.0 Å². The second kappa shape index (κ2) is 6.75. The molecule has 0 saturated carbocycles. The van der Waals surface area contributed by atoms with Gasteiger partial charge in [-0.2, -0.15) is 0 Å². The van der Waals surface area contributed by atoms with E-state index in [1.807, 2.05) is 13.8 Å². The van der Waals surface area contributed by atoms with Crippen LogP contribution in [0.25, 0.3) is 0 Å². The number of carbonyl (C=O) groups excluding carboxylic acids is 1. The van der Waals surface area contributed by atoms with Crippen molar-refractivity contribution in [2.45, 2.75) is 20.3 Å². The van der Waals surface area contributed by atoms with Crippen LogP contribution in [-0.2, 0) is 4.79 Å². The molecule has 0 aliphatic carbocycles.